The number of hydrogen-bond acceptors (Lipinski definition) is 2. The fourth-order valence-electron chi connectivity index (χ4n) is 0.784. The molecule has 1 heterocycles. The summed E-state index contributed by atoms with van der Waals surface area (Å²) in [5.41, 5.74) is -0.841. The van der Waals surface area contributed by atoms with Crippen LogP contribution in [0.15, 0.2) is 17.5 Å². The van der Waals surface area contributed by atoms with E-state index in [0.717, 1.165) is 4.88 Å². The minimum atomic E-state index is -0.841. The number of thiophene rings is 1. The summed E-state index contributed by atoms with van der Waals surface area (Å²) in [6, 6.07) is 3.86. The summed E-state index contributed by atoms with van der Waals surface area (Å²) in [5, 5.41) is 11.2. The summed E-state index contributed by atoms with van der Waals surface area (Å²) in [5.74, 6) is 0. The van der Waals surface area contributed by atoms with Crippen LogP contribution in [0.25, 0.3) is 0 Å². The Hall–Kier alpha value is -0.0500. The third kappa shape index (κ3) is 2.19. The molecule has 0 fully saturated rings. The molecule has 1 nitrogen and oxygen atoms in total. The van der Waals surface area contributed by atoms with E-state index in [1.807, 2.05) is 17.5 Å². The fraction of sp³-hybridized carbons (Fsp3) is 0.500. The van der Waals surface area contributed by atoms with Crippen LogP contribution in [-0.4, -0.2) is 10.7 Å². The van der Waals surface area contributed by atoms with Gasteiger partial charge < -0.3 is 5.11 Å². The zero-order valence-corrected chi connectivity index (χ0v) is 8.12. The molecule has 1 aromatic rings. The molecule has 0 saturated carbocycles. The molecule has 0 bridgehead atoms. The lowest BCUT2D eigenvalue weighted by atomic mass is 10.0. The van der Waals surface area contributed by atoms with Crippen LogP contribution in [0.5, 0.6) is 0 Å². The third-order valence-corrected chi connectivity index (χ3v) is 3.25. The number of halogens is 1. The lowest BCUT2D eigenvalue weighted by molar-refractivity contribution is 0.0763. The topological polar surface area (TPSA) is 20.2 Å². The van der Waals surface area contributed by atoms with E-state index in [4.69, 9.17) is 11.6 Å². The van der Waals surface area contributed by atoms with Gasteiger partial charge in [-0.1, -0.05) is 6.07 Å². The molecule has 0 radical (unpaired) electrons. The minimum absolute atomic E-state index is 0.303. The van der Waals surface area contributed by atoms with E-state index >= 15 is 0 Å². The highest BCUT2D eigenvalue weighted by molar-refractivity contribution is 7.10. The van der Waals surface area contributed by atoms with Gasteiger partial charge in [0, 0.05) is 4.88 Å². The fourth-order valence-corrected chi connectivity index (χ4v) is 1.89. The molecular weight excluding hydrogens is 180 g/mol. The highest BCUT2D eigenvalue weighted by Gasteiger charge is 2.26. The molecule has 0 aliphatic rings. The molecule has 0 spiro atoms. The normalized spacial score (nSPS) is 14.9. The summed E-state index contributed by atoms with van der Waals surface area (Å²) >= 11 is 7.55. The second-order valence-electron chi connectivity index (χ2n) is 3.03. The van der Waals surface area contributed by atoms with Crippen LogP contribution in [0.3, 0.4) is 0 Å². The van der Waals surface area contributed by atoms with E-state index in [0.29, 0.717) is 0 Å². The molecule has 0 aromatic carbocycles. The molecule has 0 aliphatic heterocycles. The van der Waals surface area contributed by atoms with Crippen molar-refractivity contribution in [1.82, 2.24) is 0 Å². The molecule has 1 unspecified atom stereocenters. The molecule has 0 saturated heterocycles. The Morgan fingerprint density at radius 2 is 2.27 bits per heavy atom. The Labute approximate surface area is 75.6 Å². The number of rotatable bonds is 2. The van der Waals surface area contributed by atoms with Gasteiger partial charge in [0.05, 0.1) is 11.0 Å². The van der Waals surface area contributed by atoms with Crippen LogP contribution in [0, 0.1) is 0 Å². The van der Waals surface area contributed by atoms with E-state index in [1.165, 1.54) is 0 Å². The predicted octanol–water partition coefficient (Wildman–Crippen LogP) is 2.80. The smallest absolute Gasteiger partial charge is 0.0959 e. The maximum Gasteiger partial charge on any atom is 0.0959 e. The minimum Gasteiger partial charge on any atom is -0.389 e. The summed E-state index contributed by atoms with van der Waals surface area (Å²) < 4.78 is 0. The Morgan fingerprint density at radius 3 is 2.64 bits per heavy atom. The van der Waals surface area contributed by atoms with Gasteiger partial charge in [-0.3, -0.25) is 0 Å². The summed E-state index contributed by atoms with van der Waals surface area (Å²) in [6.45, 7) is 3.43. The zero-order valence-electron chi connectivity index (χ0n) is 6.54. The average molecular weight is 191 g/mol. The first-order valence-corrected chi connectivity index (χ1v) is 4.73. The van der Waals surface area contributed by atoms with Crippen LogP contribution >= 0.6 is 22.9 Å². The van der Waals surface area contributed by atoms with Crippen molar-refractivity contribution < 1.29 is 5.11 Å². The third-order valence-electron chi connectivity index (χ3n) is 1.41. The standard InChI is InChI=1S/C8H11ClOS/c1-8(2,10)7(9)6-4-3-5-11-6/h3-5,7,10H,1-2H3. The molecule has 1 aromatic heterocycles. The van der Waals surface area contributed by atoms with Gasteiger partial charge in [-0.2, -0.15) is 0 Å². The van der Waals surface area contributed by atoms with Crippen LogP contribution < -0.4 is 0 Å². The lowest BCUT2D eigenvalue weighted by Crippen LogP contribution is -2.24. The van der Waals surface area contributed by atoms with Crippen molar-refractivity contribution in [2.75, 3.05) is 0 Å². The first kappa shape index (κ1) is 9.04. The molecular formula is C8H11ClOS. The summed E-state index contributed by atoms with van der Waals surface area (Å²) in [7, 11) is 0. The van der Waals surface area contributed by atoms with Crippen LogP contribution in [0.2, 0.25) is 0 Å². The highest BCUT2D eigenvalue weighted by Crippen LogP contribution is 2.34. The summed E-state index contributed by atoms with van der Waals surface area (Å²) in [6.07, 6.45) is 0. The lowest BCUT2D eigenvalue weighted by Gasteiger charge is -2.22. The predicted molar refractivity (Wildman–Crippen MR) is 49.2 cm³/mol. The van der Waals surface area contributed by atoms with Gasteiger partial charge in [-0.15, -0.1) is 22.9 Å². The van der Waals surface area contributed by atoms with Crippen molar-refractivity contribution in [2.24, 2.45) is 0 Å². The molecule has 62 valence electrons. The molecule has 0 amide bonds. The van der Waals surface area contributed by atoms with Crippen LogP contribution in [-0.2, 0) is 0 Å². The summed E-state index contributed by atoms with van der Waals surface area (Å²) in [4.78, 5) is 1.01. The quantitative estimate of drug-likeness (QED) is 0.712. The SMILES string of the molecule is CC(C)(O)C(Cl)c1cccs1. The van der Waals surface area contributed by atoms with Crippen molar-refractivity contribution in [3.63, 3.8) is 0 Å². The van der Waals surface area contributed by atoms with E-state index in [1.54, 1.807) is 25.2 Å². The molecule has 1 rings (SSSR count). The van der Waals surface area contributed by atoms with Gasteiger partial charge in [0.15, 0.2) is 0 Å². The molecule has 1 N–H and O–H groups in total. The van der Waals surface area contributed by atoms with Gasteiger partial charge in [-0.05, 0) is 25.3 Å². The van der Waals surface area contributed by atoms with Crippen LogP contribution in [0.4, 0.5) is 0 Å². The first-order valence-electron chi connectivity index (χ1n) is 3.41. The zero-order chi connectivity index (χ0) is 8.48. The van der Waals surface area contributed by atoms with Gasteiger partial charge in [0.2, 0.25) is 0 Å². The Balaban J connectivity index is 2.78. The van der Waals surface area contributed by atoms with Crippen molar-refractivity contribution in [1.29, 1.82) is 0 Å². The Bertz CT molecular complexity index is 212. The highest BCUT2D eigenvalue weighted by atomic mass is 35.5. The van der Waals surface area contributed by atoms with Crippen molar-refractivity contribution >= 4 is 22.9 Å². The van der Waals surface area contributed by atoms with E-state index in [2.05, 4.69) is 0 Å². The van der Waals surface area contributed by atoms with E-state index in [9.17, 15) is 5.11 Å². The van der Waals surface area contributed by atoms with Crippen molar-refractivity contribution in [2.45, 2.75) is 24.8 Å². The second kappa shape index (κ2) is 3.13. The Kier molecular flexibility index (Phi) is 2.58. The largest absolute Gasteiger partial charge is 0.389 e. The number of aliphatic hydroxyl groups is 1. The van der Waals surface area contributed by atoms with Crippen molar-refractivity contribution in [3.8, 4) is 0 Å². The number of hydrogen-bond donors (Lipinski definition) is 1. The average Bonchev–Trinajstić information content (AvgIpc) is 2.34. The molecule has 1 atom stereocenters. The Morgan fingerprint density at radius 1 is 1.64 bits per heavy atom. The van der Waals surface area contributed by atoms with Gasteiger partial charge in [0.1, 0.15) is 0 Å². The molecule has 3 heteroatoms. The van der Waals surface area contributed by atoms with Crippen molar-refractivity contribution in [3.05, 3.63) is 22.4 Å². The second-order valence-corrected chi connectivity index (χ2v) is 4.45. The van der Waals surface area contributed by atoms with Crippen LogP contribution in [0.1, 0.15) is 24.1 Å². The van der Waals surface area contributed by atoms with E-state index in [-0.39, 0.29) is 5.38 Å². The monoisotopic (exact) mass is 190 g/mol. The van der Waals surface area contributed by atoms with Gasteiger partial charge in [0.25, 0.3) is 0 Å². The first-order chi connectivity index (χ1) is 5.02. The molecule has 11 heavy (non-hydrogen) atoms. The maximum atomic E-state index is 9.53. The van der Waals surface area contributed by atoms with Gasteiger partial charge in [-0.25, -0.2) is 0 Å². The van der Waals surface area contributed by atoms with Gasteiger partial charge >= 0.3 is 0 Å². The van der Waals surface area contributed by atoms with E-state index < -0.39 is 5.60 Å². The maximum absolute atomic E-state index is 9.53. The molecule has 0 aliphatic carbocycles. The number of alkyl halides is 1.